The molecule has 25 heavy (non-hydrogen) atoms. The Hall–Kier alpha value is -2.57. The van der Waals surface area contributed by atoms with E-state index in [0.29, 0.717) is 6.54 Å². The molecule has 1 aliphatic rings. The van der Waals surface area contributed by atoms with Crippen molar-refractivity contribution in [2.45, 2.75) is 45.3 Å². The first kappa shape index (κ1) is 17.3. The Morgan fingerprint density at radius 2 is 2.24 bits per heavy atom. The number of amides is 2. The number of urea groups is 1. The number of fused-ring (bicyclic) bond motifs is 1. The first-order valence-electron chi connectivity index (χ1n) is 8.60. The molecule has 7 nitrogen and oxygen atoms in total. The predicted molar refractivity (Wildman–Crippen MR) is 94.5 cm³/mol. The number of methoxy groups -OCH3 is 1. The van der Waals surface area contributed by atoms with Gasteiger partial charge in [0.2, 0.25) is 0 Å². The van der Waals surface area contributed by atoms with Crippen molar-refractivity contribution in [3.63, 3.8) is 0 Å². The van der Waals surface area contributed by atoms with Crippen LogP contribution in [-0.4, -0.2) is 45.9 Å². The summed E-state index contributed by atoms with van der Waals surface area (Å²) in [5.74, 6) is 2.76. The van der Waals surface area contributed by atoms with Gasteiger partial charge in [0.25, 0.3) is 0 Å². The van der Waals surface area contributed by atoms with Crippen molar-refractivity contribution in [3.8, 4) is 5.75 Å². The molecule has 3 rings (SSSR count). The fourth-order valence-corrected chi connectivity index (χ4v) is 3.26. The zero-order valence-corrected chi connectivity index (χ0v) is 15.0. The smallest absolute Gasteiger partial charge is 0.317 e. The van der Waals surface area contributed by atoms with Crippen molar-refractivity contribution >= 4 is 6.03 Å². The van der Waals surface area contributed by atoms with Crippen LogP contribution >= 0.6 is 0 Å². The molecule has 0 saturated carbocycles. The first-order valence-corrected chi connectivity index (χ1v) is 8.60. The van der Waals surface area contributed by atoms with E-state index in [1.807, 2.05) is 43.1 Å². The van der Waals surface area contributed by atoms with Crippen LogP contribution in [0.4, 0.5) is 4.79 Å². The van der Waals surface area contributed by atoms with Crippen LogP contribution in [0.25, 0.3) is 0 Å². The Labute approximate surface area is 148 Å². The molecular weight excluding hydrogens is 318 g/mol. The monoisotopic (exact) mass is 343 g/mol. The summed E-state index contributed by atoms with van der Waals surface area (Å²) in [6.45, 7) is 3.31. The highest BCUT2D eigenvalue weighted by Gasteiger charge is 2.24. The summed E-state index contributed by atoms with van der Waals surface area (Å²) in [6, 6.07) is 7.87. The minimum absolute atomic E-state index is 0.0535. The third kappa shape index (κ3) is 3.92. The van der Waals surface area contributed by atoms with E-state index in [0.717, 1.165) is 48.8 Å². The second kappa shape index (κ2) is 7.55. The van der Waals surface area contributed by atoms with E-state index >= 15 is 0 Å². The van der Waals surface area contributed by atoms with E-state index in [2.05, 4.69) is 20.1 Å². The van der Waals surface area contributed by atoms with Gasteiger partial charge in [0.15, 0.2) is 0 Å². The van der Waals surface area contributed by atoms with E-state index < -0.39 is 0 Å². The average Bonchev–Trinajstić information content (AvgIpc) is 2.86. The molecule has 1 N–H and O–H groups in total. The molecule has 1 unspecified atom stereocenters. The maximum atomic E-state index is 12.5. The lowest BCUT2D eigenvalue weighted by Crippen LogP contribution is -2.43. The summed E-state index contributed by atoms with van der Waals surface area (Å²) in [7, 11) is 3.50. The number of hydrogen-bond acceptors (Lipinski definition) is 4. The molecule has 2 amide bonds. The van der Waals surface area contributed by atoms with Gasteiger partial charge in [0, 0.05) is 32.6 Å². The molecule has 2 aromatic rings. The van der Waals surface area contributed by atoms with Crippen molar-refractivity contribution in [1.82, 2.24) is 25.0 Å². The summed E-state index contributed by atoms with van der Waals surface area (Å²) < 4.78 is 7.37. The van der Waals surface area contributed by atoms with Crippen LogP contribution in [-0.2, 0) is 19.5 Å². The van der Waals surface area contributed by atoms with Gasteiger partial charge in [0.05, 0.1) is 7.11 Å². The molecule has 2 heterocycles. The molecule has 0 fully saturated rings. The number of hydrogen-bond donors (Lipinski definition) is 1. The van der Waals surface area contributed by atoms with E-state index in [9.17, 15) is 4.79 Å². The fourth-order valence-electron chi connectivity index (χ4n) is 3.26. The van der Waals surface area contributed by atoms with Crippen LogP contribution < -0.4 is 10.1 Å². The first-order chi connectivity index (χ1) is 12.1. The van der Waals surface area contributed by atoms with Crippen LogP contribution in [0.15, 0.2) is 24.3 Å². The van der Waals surface area contributed by atoms with Gasteiger partial charge in [-0.05, 0) is 37.5 Å². The standard InChI is InChI=1S/C18H25N5O2/c1-13-20-21-17-8-7-15(9-10-23(13)17)22(2)18(24)19-12-14-5-4-6-16(11-14)25-3/h4-6,11,15H,7-10,12H2,1-3H3,(H,19,24). The molecule has 0 aliphatic carbocycles. The molecule has 1 aromatic carbocycles. The minimum atomic E-state index is -0.0535. The van der Waals surface area contributed by atoms with Crippen molar-refractivity contribution in [2.75, 3.05) is 14.2 Å². The summed E-state index contributed by atoms with van der Waals surface area (Å²) in [6.07, 6.45) is 2.66. The SMILES string of the molecule is COc1cccc(CNC(=O)N(C)C2CCc3nnc(C)n3CC2)c1. The summed E-state index contributed by atoms with van der Waals surface area (Å²) in [5.41, 5.74) is 1.02. The van der Waals surface area contributed by atoms with Crippen LogP contribution in [0.3, 0.4) is 0 Å². The van der Waals surface area contributed by atoms with Gasteiger partial charge in [-0.25, -0.2) is 4.79 Å². The van der Waals surface area contributed by atoms with Gasteiger partial charge in [-0.3, -0.25) is 0 Å². The van der Waals surface area contributed by atoms with Gasteiger partial charge in [0.1, 0.15) is 17.4 Å². The Kier molecular flexibility index (Phi) is 5.21. The van der Waals surface area contributed by atoms with Crippen LogP contribution in [0.2, 0.25) is 0 Å². The third-order valence-corrected chi connectivity index (χ3v) is 4.85. The number of carbonyl (C=O) groups excluding carboxylic acids is 1. The third-order valence-electron chi connectivity index (χ3n) is 4.85. The lowest BCUT2D eigenvalue weighted by molar-refractivity contribution is 0.182. The molecule has 0 saturated heterocycles. The summed E-state index contributed by atoms with van der Waals surface area (Å²) in [4.78, 5) is 14.3. The minimum Gasteiger partial charge on any atom is -0.497 e. The fraction of sp³-hybridized carbons (Fsp3) is 0.500. The average molecular weight is 343 g/mol. The summed E-state index contributed by atoms with van der Waals surface area (Å²) in [5, 5.41) is 11.4. The Bertz CT molecular complexity index is 743. The molecule has 134 valence electrons. The summed E-state index contributed by atoms with van der Waals surface area (Å²) >= 11 is 0. The second-order valence-electron chi connectivity index (χ2n) is 6.42. The Balaban J connectivity index is 1.55. The zero-order valence-electron chi connectivity index (χ0n) is 15.0. The maximum Gasteiger partial charge on any atom is 0.317 e. The molecule has 1 aliphatic heterocycles. The Morgan fingerprint density at radius 3 is 3.04 bits per heavy atom. The highest BCUT2D eigenvalue weighted by Crippen LogP contribution is 2.19. The molecular formula is C18H25N5O2. The van der Waals surface area contributed by atoms with Gasteiger partial charge in [-0.15, -0.1) is 10.2 Å². The van der Waals surface area contributed by atoms with Crippen LogP contribution in [0.5, 0.6) is 5.75 Å². The molecule has 0 radical (unpaired) electrons. The van der Waals surface area contributed by atoms with E-state index in [4.69, 9.17) is 4.74 Å². The quantitative estimate of drug-likeness (QED) is 0.923. The van der Waals surface area contributed by atoms with Gasteiger partial charge in [-0.2, -0.15) is 0 Å². The maximum absolute atomic E-state index is 12.5. The molecule has 0 spiro atoms. The van der Waals surface area contributed by atoms with Gasteiger partial charge >= 0.3 is 6.03 Å². The van der Waals surface area contributed by atoms with Crippen LogP contribution in [0, 0.1) is 6.92 Å². The van der Waals surface area contributed by atoms with Gasteiger partial charge < -0.3 is 19.5 Å². The van der Waals surface area contributed by atoms with Gasteiger partial charge in [-0.1, -0.05) is 12.1 Å². The molecule has 1 aromatic heterocycles. The number of ether oxygens (including phenoxy) is 1. The van der Waals surface area contributed by atoms with E-state index in [1.54, 1.807) is 7.11 Å². The van der Waals surface area contributed by atoms with Crippen molar-refractivity contribution in [2.24, 2.45) is 0 Å². The van der Waals surface area contributed by atoms with Crippen LogP contribution in [0.1, 0.15) is 30.1 Å². The predicted octanol–water partition coefficient (Wildman–Crippen LogP) is 2.14. The number of aryl methyl sites for hydroxylation is 2. The van der Waals surface area contributed by atoms with Crippen molar-refractivity contribution in [1.29, 1.82) is 0 Å². The molecule has 0 bridgehead atoms. The van der Waals surface area contributed by atoms with E-state index in [-0.39, 0.29) is 12.1 Å². The highest BCUT2D eigenvalue weighted by atomic mass is 16.5. The lowest BCUT2D eigenvalue weighted by Gasteiger charge is -2.27. The van der Waals surface area contributed by atoms with Crippen molar-refractivity contribution < 1.29 is 9.53 Å². The second-order valence-corrected chi connectivity index (χ2v) is 6.42. The topological polar surface area (TPSA) is 72.3 Å². The number of carbonyl (C=O) groups is 1. The number of benzene rings is 1. The molecule has 1 atom stereocenters. The Morgan fingerprint density at radius 1 is 1.40 bits per heavy atom. The normalized spacial score (nSPS) is 16.7. The molecule has 7 heteroatoms. The zero-order chi connectivity index (χ0) is 17.8. The largest absolute Gasteiger partial charge is 0.497 e. The number of nitrogens with one attached hydrogen (secondary N) is 1. The number of rotatable bonds is 4. The van der Waals surface area contributed by atoms with E-state index in [1.165, 1.54) is 0 Å². The van der Waals surface area contributed by atoms with Crippen molar-refractivity contribution in [3.05, 3.63) is 41.5 Å². The lowest BCUT2D eigenvalue weighted by atomic mass is 10.1. The number of nitrogens with zero attached hydrogens (tertiary/aromatic N) is 4. The highest BCUT2D eigenvalue weighted by molar-refractivity contribution is 5.74. The number of aromatic nitrogens is 3.